The normalized spacial score (nSPS) is 11.0. The van der Waals surface area contributed by atoms with Crippen LogP contribution in [0.25, 0.3) is 33.4 Å². The standard InChI is InChI=1S/C32H35IN4O5/c1-36(2)21-9-12-24-27(17-21)42-28-18-22(37(3)4)10-13-25(28)30(24)23-11-8-20(16-26(23)32(40)41)31(39)35-15-7-5-6-14-34-29(38)19-33/h8-13,16-18H,5-7,14-15,19H2,1-4H3,(H2-,34,35,38,39,40,41). The van der Waals surface area contributed by atoms with Crippen molar-refractivity contribution in [2.45, 2.75) is 19.3 Å². The molecular weight excluding hydrogens is 647 g/mol. The minimum Gasteiger partial charge on any atom is -0.545 e. The molecular formula is C32H35IN4O5. The van der Waals surface area contributed by atoms with E-state index in [1.807, 2.05) is 96.7 Å². The molecule has 1 heterocycles. The molecule has 2 aliphatic rings. The summed E-state index contributed by atoms with van der Waals surface area (Å²) >= 11 is 2.02. The number of carbonyl (C=O) groups excluding carboxylic acids is 3. The number of fused-ring (bicyclic) bond motifs is 2. The van der Waals surface area contributed by atoms with Gasteiger partial charge in [0.1, 0.15) is 25.4 Å². The van der Waals surface area contributed by atoms with E-state index in [2.05, 4.69) is 10.6 Å². The van der Waals surface area contributed by atoms with E-state index >= 15 is 0 Å². The quantitative estimate of drug-likeness (QED) is 0.0826. The Hall–Kier alpha value is -3.93. The number of anilines is 1. The Balaban J connectivity index is 1.68. The molecule has 1 aliphatic heterocycles. The van der Waals surface area contributed by atoms with Crippen molar-refractivity contribution in [3.8, 4) is 22.5 Å². The summed E-state index contributed by atoms with van der Waals surface area (Å²) in [4.78, 5) is 38.6. The molecule has 0 bridgehead atoms. The lowest BCUT2D eigenvalue weighted by atomic mass is 9.89. The van der Waals surface area contributed by atoms with Gasteiger partial charge in [-0.25, -0.2) is 4.58 Å². The van der Waals surface area contributed by atoms with Crippen LogP contribution in [0.4, 0.5) is 5.69 Å². The van der Waals surface area contributed by atoms with Gasteiger partial charge < -0.3 is 29.9 Å². The van der Waals surface area contributed by atoms with Crippen molar-refractivity contribution < 1.29 is 23.9 Å². The highest BCUT2D eigenvalue weighted by molar-refractivity contribution is 14.1. The Morgan fingerprint density at radius 3 is 2.29 bits per heavy atom. The van der Waals surface area contributed by atoms with Crippen LogP contribution in [0.2, 0.25) is 0 Å². The Morgan fingerprint density at radius 2 is 1.62 bits per heavy atom. The van der Waals surface area contributed by atoms with Crippen molar-refractivity contribution in [2.75, 3.05) is 50.6 Å². The number of halogens is 1. The van der Waals surface area contributed by atoms with Gasteiger partial charge in [-0.1, -0.05) is 28.7 Å². The number of carboxylic acids is 1. The highest BCUT2D eigenvalue weighted by Gasteiger charge is 2.22. The minimum atomic E-state index is -1.37. The van der Waals surface area contributed by atoms with E-state index in [4.69, 9.17) is 4.42 Å². The molecule has 0 spiro atoms. The average molecular weight is 683 g/mol. The molecule has 2 amide bonds. The smallest absolute Gasteiger partial charge is 0.251 e. The summed E-state index contributed by atoms with van der Waals surface area (Å²) in [6.07, 6.45) is 2.40. The first kappa shape index (κ1) is 31.0. The van der Waals surface area contributed by atoms with Gasteiger partial charge in [0, 0.05) is 72.6 Å². The van der Waals surface area contributed by atoms with Crippen LogP contribution in [0.3, 0.4) is 0 Å². The second-order valence-electron chi connectivity index (χ2n) is 10.5. The number of nitrogens with zero attached hydrogens (tertiary/aromatic N) is 2. The van der Waals surface area contributed by atoms with Crippen molar-refractivity contribution in [3.05, 3.63) is 71.1 Å². The molecule has 0 aromatic heterocycles. The fourth-order valence-electron chi connectivity index (χ4n) is 4.79. The molecule has 220 valence electrons. The van der Waals surface area contributed by atoms with Gasteiger partial charge in [0.2, 0.25) is 11.3 Å². The maximum Gasteiger partial charge on any atom is 0.251 e. The van der Waals surface area contributed by atoms with Gasteiger partial charge >= 0.3 is 0 Å². The molecule has 2 aromatic rings. The summed E-state index contributed by atoms with van der Waals surface area (Å²) in [7, 11) is 7.77. The maximum atomic E-state index is 12.9. The van der Waals surface area contributed by atoms with Crippen LogP contribution in [0.5, 0.6) is 0 Å². The molecule has 4 rings (SSSR count). The van der Waals surface area contributed by atoms with Crippen molar-refractivity contribution >= 4 is 57.0 Å². The monoisotopic (exact) mass is 682 g/mol. The largest absolute Gasteiger partial charge is 0.545 e. The van der Waals surface area contributed by atoms with Crippen LogP contribution < -0.4 is 30.6 Å². The highest BCUT2D eigenvalue weighted by atomic mass is 127. The topological polar surface area (TPSA) is 118 Å². The number of unbranched alkanes of at least 4 members (excludes halogenated alkanes) is 2. The molecule has 0 saturated heterocycles. The Kier molecular flexibility index (Phi) is 10.2. The molecule has 2 N–H and O–H groups in total. The molecule has 0 saturated carbocycles. The van der Waals surface area contributed by atoms with Crippen LogP contribution in [-0.2, 0) is 4.79 Å². The molecule has 9 nitrogen and oxygen atoms in total. The van der Waals surface area contributed by atoms with Crippen LogP contribution in [0.15, 0.2) is 59.0 Å². The molecule has 2 aromatic carbocycles. The van der Waals surface area contributed by atoms with E-state index in [1.165, 1.54) is 6.07 Å². The molecule has 0 fully saturated rings. The van der Waals surface area contributed by atoms with E-state index in [0.29, 0.717) is 40.0 Å². The Bertz CT molecular complexity index is 1670. The minimum absolute atomic E-state index is 0.0126. The summed E-state index contributed by atoms with van der Waals surface area (Å²) in [5.41, 5.74) is 3.61. The van der Waals surface area contributed by atoms with Gasteiger partial charge in [-0.15, -0.1) is 0 Å². The van der Waals surface area contributed by atoms with Crippen molar-refractivity contribution in [3.63, 3.8) is 0 Å². The molecule has 0 atom stereocenters. The second-order valence-corrected chi connectivity index (χ2v) is 11.2. The third-order valence-corrected chi connectivity index (χ3v) is 7.77. The van der Waals surface area contributed by atoms with Crippen LogP contribution in [0.1, 0.15) is 40.0 Å². The van der Waals surface area contributed by atoms with E-state index in [9.17, 15) is 19.5 Å². The van der Waals surface area contributed by atoms with E-state index in [1.54, 1.807) is 12.1 Å². The highest BCUT2D eigenvalue weighted by Crippen LogP contribution is 2.42. The lowest BCUT2D eigenvalue weighted by molar-refractivity contribution is -0.254. The van der Waals surface area contributed by atoms with E-state index < -0.39 is 5.97 Å². The molecule has 0 radical (unpaired) electrons. The van der Waals surface area contributed by atoms with Crippen molar-refractivity contribution in [1.82, 2.24) is 15.2 Å². The second kappa shape index (κ2) is 13.8. The van der Waals surface area contributed by atoms with E-state index in [0.717, 1.165) is 41.3 Å². The molecule has 1 aliphatic carbocycles. The summed E-state index contributed by atoms with van der Waals surface area (Å²) in [6.45, 7) is 1.05. The van der Waals surface area contributed by atoms with Gasteiger partial charge in [-0.3, -0.25) is 9.59 Å². The number of benzene rings is 3. The lowest BCUT2D eigenvalue weighted by Crippen LogP contribution is -2.27. The number of hydrogen-bond acceptors (Lipinski definition) is 6. The van der Waals surface area contributed by atoms with Gasteiger partial charge in [0.25, 0.3) is 5.91 Å². The number of aromatic carboxylic acids is 1. The summed E-state index contributed by atoms with van der Waals surface area (Å²) < 4.78 is 8.75. The third kappa shape index (κ3) is 7.10. The first-order valence-corrected chi connectivity index (χ1v) is 15.3. The molecule has 10 heteroatoms. The summed E-state index contributed by atoms with van der Waals surface area (Å²) in [5, 5.41) is 19.8. The zero-order valence-corrected chi connectivity index (χ0v) is 26.4. The van der Waals surface area contributed by atoms with Crippen LogP contribution in [-0.4, -0.2) is 63.5 Å². The molecule has 42 heavy (non-hydrogen) atoms. The Morgan fingerprint density at radius 1 is 0.905 bits per heavy atom. The lowest BCUT2D eigenvalue weighted by Gasteiger charge is -2.20. The zero-order valence-electron chi connectivity index (χ0n) is 24.3. The number of nitrogens with one attached hydrogen (secondary N) is 2. The Labute approximate surface area is 258 Å². The number of amides is 2. The van der Waals surface area contributed by atoms with Gasteiger partial charge in [0.05, 0.1) is 16.5 Å². The number of carbonyl (C=O) groups is 3. The van der Waals surface area contributed by atoms with E-state index in [-0.39, 0.29) is 22.9 Å². The van der Waals surface area contributed by atoms with Gasteiger partial charge in [-0.2, -0.15) is 0 Å². The van der Waals surface area contributed by atoms with Crippen molar-refractivity contribution in [1.29, 1.82) is 0 Å². The third-order valence-electron chi connectivity index (χ3n) is 7.08. The summed E-state index contributed by atoms with van der Waals surface area (Å²) in [5.74, 6) is -1.10. The predicted molar refractivity (Wildman–Crippen MR) is 172 cm³/mol. The average Bonchev–Trinajstić information content (AvgIpc) is 2.98. The molecule has 0 unspecified atom stereocenters. The van der Waals surface area contributed by atoms with Crippen molar-refractivity contribution in [2.24, 2.45) is 0 Å². The van der Waals surface area contributed by atoms with Crippen LogP contribution >= 0.6 is 22.6 Å². The maximum absolute atomic E-state index is 12.9. The number of rotatable bonds is 11. The van der Waals surface area contributed by atoms with Gasteiger partial charge in [0.15, 0.2) is 0 Å². The first-order chi connectivity index (χ1) is 20.1. The van der Waals surface area contributed by atoms with Gasteiger partial charge in [-0.05, 0) is 55.2 Å². The SMILES string of the molecule is CN(C)c1ccc2c(-c3ccc(C(=O)NCCCCCNC(=O)CI)cc3C(=O)[O-])c3ccc(=[N+](C)C)cc-3oc2c1. The summed E-state index contributed by atoms with van der Waals surface area (Å²) in [6, 6.07) is 16.3. The zero-order chi connectivity index (χ0) is 30.4. The number of carboxylic acid groups (broad SMARTS) is 1. The number of hydrogen-bond donors (Lipinski definition) is 2. The van der Waals surface area contributed by atoms with Crippen LogP contribution in [0, 0.1) is 0 Å². The fraction of sp³-hybridized carbons (Fsp3) is 0.312. The predicted octanol–water partition coefficient (Wildman–Crippen LogP) is 3.12. The first-order valence-electron chi connectivity index (χ1n) is 13.8. The fourth-order valence-corrected chi connectivity index (χ4v) is 5.06. The number of alkyl halides is 1.